The topological polar surface area (TPSA) is 122 Å². The van der Waals surface area contributed by atoms with E-state index >= 15 is 0 Å². The molecule has 8 nitrogen and oxygen atoms in total. The van der Waals surface area contributed by atoms with Gasteiger partial charge in [0.15, 0.2) is 5.78 Å². The van der Waals surface area contributed by atoms with Gasteiger partial charge in [-0.25, -0.2) is 0 Å². The van der Waals surface area contributed by atoms with Crippen LogP contribution in [0.3, 0.4) is 0 Å². The van der Waals surface area contributed by atoms with Crippen molar-refractivity contribution >= 4 is 23.3 Å². The zero-order chi connectivity index (χ0) is 18.4. The van der Waals surface area contributed by atoms with Gasteiger partial charge in [-0.1, -0.05) is 11.8 Å². The van der Waals surface area contributed by atoms with Crippen LogP contribution in [0, 0.1) is 22.7 Å². The fourth-order valence-corrected chi connectivity index (χ4v) is 2.65. The van der Waals surface area contributed by atoms with E-state index in [-0.39, 0.29) is 28.4 Å². The first kappa shape index (κ1) is 18.5. The lowest BCUT2D eigenvalue weighted by molar-refractivity contribution is -0.117. The van der Waals surface area contributed by atoms with Crippen molar-refractivity contribution in [2.24, 2.45) is 5.92 Å². The maximum atomic E-state index is 11.9. The van der Waals surface area contributed by atoms with E-state index in [1.54, 1.807) is 25.3 Å². The number of hydrogen-bond acceptors (Lipinski definition) is 9. The van der Waals surface area contributed by atoms with E-state index in [2.05, 4.69) is 10.2 Å². The molecule has 2 aromatic rings. The van der Waals surface area contributed by atoms with E-state index in [4.69, 9.17) is 24.6 Å². The summed E-state index contributed by atoms with van der Waals surface area (Å²) in [6.45, 7) is 1.43. The number of hydrogen-bond donors (Lipinski definition) is 1. The Hall–Kier alpha value is -2.86. The van der Waals surface area contributed by atoms with Gasteiger partial charge >= 0.3 is 0 Å². The van der Waals surface area contributed by atoms with E-state index in [1.165, 1.54) is 14.0 Å². The van der Waals surface area contributed by atoms with Crippen molar-refractivity contribution in [2.45, 2.75) is 12.1 Å². The molecular formula is C16H16N4O4S. The molecule has 0 aliphatic heterocycles. The molecule has 1 N–H and O–H groups in total. The van der Waals surface area contributed by atoms with Crippen LogP contribution in [0.25, 0.3) is 11.5 Å². The van der Waals surface area contributed by atoms with E-state index in [9.17, 15) is 4.79 Å². The number of nitriles is 1. The van der Waals surface area contributed by atoms with Gasteiger partial charge in [0.25, 0.3) is 11.1 Å². The van der Waals surface area contributed by atoms with E-state index in [1.807, 2.05) is 6.07 Å². The number of benzene rings is 1. The summed E-state index contributed by atoms with van der Waals surface area (Å²) in [5, 5.41) is 24.4. The van der Waals surface area contributed by atoms with E-state index < -0.39 is 5.92 Å². The Balaban J connectivity index is 2.12. The Labute approximate surface area is 148 Å². The number of ether oxygens (including phenoxy) is 2. The summed E-state index contributed by atoms with van der Waals surface area (Å²) in [6.07, 6.45) is 0. The number of carbonyl (C=O) groups is 1. The lowest BCUT2D eigenvalue weighted by Crippen LogP contribution is -2.21. The van der Waals surface area contributed by atoms with Crippen LogP contribution in [0.1, 0.15) is 6.92 Å². The lowest BCUT2D eigenvalue weighted by atomic mass is 10.0. The number of carbonyl (C=O) groups excluding carboxylic acids is 1. The van der Waals surface area contributed by atoms with Crippen LogP contribution >= 0.6 is 11.8 Å². The van der Waals surface area contributed by atoms with Crippen molar-refractivity contribution in [2.75, 3.05) is 20.0 Å². The fraction of sp³-hybridized carbons (Fsp3) is 0.312. The molecule has 130 valence electrons. The van der Waals surface area contributed by atoms with Crippen LogP contribution in [-0.2, 0) is 4.79 Å². The average Bonchev–Trinajstić information content (AvgIpc) is 3.08. The molecule has 0 aliphatic carbocycles. The summed E-state index contributed by atoms with van der Waals surface area (Å²) in [5.41, 5.74) is 0.613. The highest BCUT2D eigenvalue weighted by Gasteiger charge is 2.21. The molecule has 9 heteroatoms. The summed E-state index contributed by atoms with van der Waals surface area (Å²) in [6, 6.07) is 6.98. The second-order valence-electron chi connectivity index (χ2n) is 4.94. The van der Waals surface area contributed by atoms with E-state index in [0.717, 1.165) is 11.8 Å². The second-order valence-corrected chi connectivity index (χ2v) is 5.87. The third kappa shape index (κ3) is 4.36. The molecule has 0 aliphatic rings. The first-order chi connectivity index (χ1) is 12.0. The Morgan fingerprint density at radius 1 is 1.40 bits per heavy atom. The van der Waals surface area contributed by atoms with Crippen molar-refractivity contribution in [1.82, 2.24) is 10.2 Å². The monoisotopic (exact) mass is 360 g/mol. The van der Waals surface area contributed by atoms with Crippen LogP contribution in [0.5, 0.6) is 11.5 Å². The highest BCUT2D eigenvalue weighted by molar-refractivity contribution is 7.99. The van der Waals surface area contributed by atoms with Gasteiger partial charge in [0.1, 0.15) is 17.4 Å². The molecule has 0 amide bonds. The van der Waals surface area contributed by atoms with Gasteiger partial charge in [-0.05, 0) is 19.1 Å². The quantitative estimate of drug-likeness (QED) is 0.563. The largest absolute Gasteiger partial charge is 0.497 e. The molecule has 0 saturated carbocycles. The van der Waals surface area contributed by atoms with Crippen LogP contribution in [0.2, 0.25) is 0 Å². The number of Topliss-reactive ketones (excluding diaryl/α,β-unsaturated/α-hetero) is 1. The predicted molar refractivity (Wildman–Crippen MR) is 91.1 cm³/mol. The number of thioether (sulfide) groups is 1. The molecule has 0 spiro atoms. The Morgan fingerprint density at radius 2 is 2.16 bits per heavy atom. The van der Waals surface area contributed by atoms with E-state index in [0.29, 0.717) is 17.1 Å². The zero-order valence-corrected chi connectivity index (χ0v) is 14.7. The highest BCUT2D eigenvalue weighted by atomic mass is 32.2. The molecule has 1 aromatic heterocycles. The van der Waals surface area contributed by atoms with Crippen LogP contribution in [0.4, 0.5) is 0 Å². The molecule has 1 aromatic carbocycles. The standard InChI is InChI=1S/C16H16N4O4S/c1-9(18)12(7-17)13(21)8-25-16-20-19-15(24-16)11-5-4-10(22-2)6-14(11)23-3/h4-6,12,18H,8H2,1-3H3. The molecule has 0 saturated heterocycles. The molecule has 0 fully saturated rings. The number of ketones is 1. The number of aromatic nitrogens is 2. The Kier molecular flexibility index (Phi) is 6.14. The Bertz CT molecular complexity index is 828. The van der Waals surface area contributed by atoms with Gasteiger partial charge in [-0.3, -0.25) is 4.79 Å². The highest BCUT2D eigenvalue weighted by Crippen LogP contribution is 2.33. The SMILES string of the molecule is COc1ccc(-c2nnc(SCC(=O)C(C#N)C(C)=N)o2)c(OC)c1. The minimum atomic E-state index is -1.04. The molecule has 1 heterocycles. The fourth-order valence-electron chi connectivity index (χ4n) is 1.98. The molecule has 1 unspecified atom stereocenters. The van der Waals surface area contributed by atoms with Crippen molar-refractivity contribution in [3.8, 4) is 29.0 Å². The van der Waals surface area contributed by atoms with Crippen molar-refractivity contribution in [3.63, 3.8) is 0 Å². The first-order valence-electron chi connectivity index (χ1n) is 7.16. The summed E-state index contributed by atoms with van der Waals surface area (Å²) >= 11 is 1.02. The summed E-state index contributed by atoms with van der Waals surface area (Å²) in [7, 11) is 3.07. The minimum Gasteiger partial charge on any atom is -0.497 e. The second kappa shape index (κ2) is 8.30. The van der Waals surface area contributed by atoms with Gasteiger partial charge in [0, 0.05) is 11.8 Å². The van der Waals surface area contributed by atoms with Gasteiger partial charge < -0.3 is 19.3 Å². The first-order valence-corrected chi connectivity index (χ1v) is 8.14. The van der Waals surface area contributed by atoms with Crippen LogP contribution in [0.15, 0.2) is 27.8 Å². The van der Waals surface area contributed by atoms with Crippen molar-refractivity contribution in [1.29, 1.82) is 10.7 Å². The normalized spacial score (nSPS) is 11.4. The third-order valence-electron chi connectivity index (χ3n) is 3.27. The lowest BCUT2D eigenvalue weighted by Gasteiger charge is -2.07. The number of nitrogens with one attached hydrogen (secondary N) is 1. The third-order valence-corrected chi connectivity index (χ3v) is 4.11. The Morgan fingerprint density at radius 3 is 2.76 bits per heavy atom. The van der Waals surface area contributed by atoms with Crippen molar-refractivity contribution < 1.29 is 18.7 Å². The predicted octanol–water partition coefficient (Wildman–Crippen LogP) is 2.59. The molecule has 2 rings (SSSR count). The van der Waals surface area contributed by atoms with Crippen molar-refractivity contribution in [3.05, 3.63) is 18.2 Å². The van der Waals surface area contributed by atoms with Gasteiger partial charge in [0.05, 0.1) is 31.6 Å². The number of nitrogens with zero attached hydrogens (tertiary/aromatic N) is 3. The van der Waals surface area contributed by atoms with Gasteiger partial charge in [0.2, 0.25) is 0 Å². The number of methoxy groups -OCH3 is 2. The smallest absolute Gasteiger partial charge is 0.277 e. The molecule has 0 bridgehead atoms. The summed E-state index contributed by atoms with van der Waals surface area (Å²) in [4.78, 5) is 11.9. The summed E-state index contributed by atoms with van der Waals surface area (Å²) in [5.74, 6) is -0.0622. The number of rotatable bonds is 8. The van der Waals surface area contributed by atoms with Gasteiger partial charge in [-0.2, -0.15) is 5.26 Å². The average molecular weight is 360 g/mol. The maximum absolute atomic E-state index is 11.9. The molecular weight excluding hydrogens is 344 g/mol. The molecule has 25 heavy (non-hydrogen) atoms. The minimum absolute atomic E-state index is 0.0160. The maximum Gasteiger partial charge on any atom is 0.277 e. The molecule has 0 radical (unpaired) electrons. The molecule has 1 atom stereocenters. The van der Waals surface area contributed by atoms with Crippen LogP contribution < -0.4 is 9.47 Å². The summed E-state index contributed by atoms with van der Waals surface area (Å²) < 4.78 is 16.0. The van der Waals surface area contributed by atoms with Crippen LogP contribution in [-0.4, -0.2) is 41.7 Å². The zero-order valence-electron chi connectivity index (χ0n) is 13.9. The van der Waals surface area contributed by atoms with Gasteiger partial charge in [-0.15, -0.1) is 10.2 Å².